The average Bonchev–Trinajstić information content (AvgIpc) is 3.16. The standard InChI is InChI=1S/C20H21N5O4/c26-20(6-1-7-20)16-12-15-18(21-16)22-17(13-2-4-14(5-3-13)25(27)28)23-19(15)24-8-10-29-11-9-24/h2-5,26H,1,6-12H2. The highest BCUT2D eigenvalue weighted by Gasteiger charge is 2.42. The van der Waals surface area contributed by atoms with E-state index in [1.807, 2.05) is 0 Å². The monoisotopic (exact) mass is 395 g/mol. The smallest absolute Gasteiger partial charge is 0.269 e. The lowest BCUT2D eigenvalue weighted by atomic mass is 9.75. The summed E-state index contributed by atoms with van der Waals surface area (Å²) in [6, 6.07) is 6.21. The number of morpholine rings is 1. The van der Waals surface area contributed by atoms with Crippen molar-refractivity contribution in [3.63, 3.8) is 0 Å². The number of fused-ring (bicyclic) bond motifs is 1. The Morgan fingerprint density at radius 1 is 1.14 bits per heavy atom. The van der Waals surface area contributed by atoms with Gasteiger partial charge in [0.25, 0.3) is 5.69 Å². The Morgan fingerprint density at radius 3 is 2.48 bits per heavy atom. The van der Waals surface area contributed by atoms with Gasteiger partial charge in [-0.25, -0.2) is 15.0 Å². The van der Waals surface area contributed by atoms with E-state index >= 15 is 0 Å². The van der Waals surface area contributed by atoms with Gasteiger partial charge >= 0.3 is 0 Å². The molecule has 1 N–H and O–H groups in total. The summed E-state index contributed by atoms with van der Waals surface area (Å²) in [5.74, 6) is 1.88. The van der Waals surface area contributed by atoms with Crippen LogP contribution in [0, 0.1) is 10.1 Å². The van der Waals surface area contributed by atoms with Gasteiger partial charge in [-0.2, -0.15) is 0 Å². The lowest BCUT2D eigenvalue weighted by Gasteiger charge is -2.36. The number of nitro benzene ring substituents is 1. The molecule has 3 heterocycles. The second kappa shape index (κ2) is 6.85. The minimum absolute atomic E-state index is 0.0239. The summed E-state index contributed by atoms with van der Waals surface area (Å²) in [5.41, 5.74) is 1.60. The van der Waals surface area contributed by atoms with Gasteiger partial charge in [0, 0.05) is 42.8 Å². The Balaban J connectivity index is 1.57. The Morgan fingerprint density at radius 2 is 1.86 bits per heavy atom. The highest BCUT2D eigenvalue weighted by atomic mass is 16.6. The second-order valence-corrected chi connectivity index (χ2v) is 7.70. The molecule has 1 aromatic heterocycles. The fraction of sp³-hybridized carbons (Fsp3) is 0.450. The summed E-state index contributed by atoms with van der Waals surface area (Å²) in [6.45, 7) is 2.71. The molecule has 0 atom stereocenters. The van der Waals surface area contributed by atoms with Gasteiger partial charge in [0.15, 0.2) is 11.6 Å². The first-order chi connectivity index (χ1) is 14.0. The number of aliphatic imine (C=N–C) groups is 1. The molecule has 5 rings (SSSR count). The zero-order chi connectivity index (χ0) is 20.0. The summed E-state index contributed by atoms with van der Waals surface area (Å²) < 4.78 is 5.48. The number of ether oxygens (including phenoxy) is 1. The Kier molecular flexibility index (Phi) is 4.29. The first-order valence-corrected chi connectivity index (χ1v) is 9.82. The van der Waals surface area contributed by atoms with Crippen LogP contribution in [0.4, 0.5) is 17.3 Å². The van der Waals surface area contributed by atoms with Crippen LogP contribution in [0.5, 0.6) is 0 Å². The maximum atomic E-state index is 10.9. The van der Waals surface area contributed by atoms with Crippen LogP contribution in [0.3, 0.4) is 0 Å². The van der Waals surface area contributed by atoms with Gasteiger partial charge in [0.05, 0.1) is 23.8 Å². The lowest BCUT2D eigenvalue weighted by molar-refractivity contribution is -0.384. The number of anilines is 1. The van der Waals surface area contributed by atoms with Crippen LogP contribution in [-0.2, 0) is 11.2 Å². The summed E-state index contributed by atoms with van der Waals surface area (Å²) in [5, 5.41) is 21.7. The van der Waals surface area contributed by atoms with Crippen LogP contribution in [0.25, 0.3) is 11.4 Å². The van der Waals surface area contributed by atoms with Gasteiger partial charge < -0.3 is 14.7 Å². The van der Waals surface area contributed by atoms with Gasteiger partial charge in [-0.15, -0.1) is 0 Å². The average molecular weight is 395 g/mol. The lowest BCUT2D eigenvalue weighted by Crippen LogP contribution is -2.45. The van der Waals surface area contributed by atoms with E-state index in [-0.39, 0.29) is 5.69 Å². The molecular weight excluding hydrogens is 374 g/mol. The van der Waals surface area contributed by atoms with Crippen LogP contribution < -0.4 is 4.90 Å². The van der Waals surface area contributed by atoms with Gasteiger partial charge in [-0.3, -0.25) is 10.1 Å². The van der Waals surface area contributed by atoms with Gasteiger partial charge in [-0.1, -0.05) is 0 Å². The first kappa shape index (κ1) is 18.1. The van der Waals surface area contributed by atoms with Crippen molar-refractivity contribution in [3.05, 3.63) is 39.9 Å². The third kappa shape index (κ3) is 3.16. The predicted molar refractivity (Wildman–Crippen MR) is 107 cm³/mol. The van der Waals surface area contributed by atoms with Crippen molar-refractivity contribution in [1.29, 1.82) is 0 Å². The predicted octanol–water partition coefficient (Wildman–Crippen LogP) is 2.43. The number of hydrogen-bond acceptors (Lipinski definition) is 8. The summed E-state index contributed by atoms with van der Waals surface area (Å²) in [4.78, 5) is 26.8. The molecule has 3 aliphatic rings. The molecule has 9 nitrogen and oxygen atoms in total. The van der Waals surface area contributed by atoms with Crippen LogP contribution in [-0.4, -0.2) is 57.6 Å². The van der Waals surface area contributed by atoms with Crippen molar-refractivity contribution >= 4 is 23.0 Å². The SMILES string of the molecule is O=[N+]([O-])c1ccc(-c2nc3c(c(N4CCOCC4)n2)CC(C2(O)CCC2)=N3)cc1. The van der Waals surface area contributed by atoms with Crippen molar-refractivity contribution in [2.24, 2.45) is 4.99 Å². The molecule has 1 saturated carbocycles. The highest BCUT2D eigenvalue weighted by molar-refractivity contribution is 6.01. The van der Waals surface area contributed by atoms with Crippen molar-refractivity contribution in [1.82, 2.24) is 9.97 Å². The Bertz CT molecular complexity index is 995. The third-order valence-electron chi connectivity index (χ3n) is 5.91. The number of aliphatic hydroxyl groups is 1. The molecule has 2 fully saturated rings. The molecule has 0 spiro atoms. The van der Waals surface area contributed by atoms with Crippen LogP contribution in [0.15, 0.2) is 29.3 Å². The molecule has 0 unspecified atom stereocenters. The summed E-state index contributed by atoms with van der Waals surface area (Å²) >= 11 is 0. The highest BCUT2D eigenvalue weighted by Crippen LogP contribution is 2.42. The molecule has 0 radical (unpaired) electrons. The molecular formula is C20H21N5O4. The molecule has 0 bridgehead atoms. The van der Waals surface area contributed by atoms with E-state index in [9.17, 15) is 15.2 Å². The maximum absolute atomic E-state index is 10.9. The van der Waals surface area contributed by atoms with Crippen LogP contribution in [0.2, 0.25) is 0 Å². The molecule has 2 aromatic rings. The quantitative estimate of drug-likeness (QED) is 0.625. The van der Waals surface area contributed by atoms with Gasteiger partial charge in [0.1, 0.15) is 11.4 Å². The van der Waals surface area contributed by atoms with E-state index in [0.717, 1.165) is 49.4 Å². The number of benzene rings is 1. The number of non-ortho nitro benzene ring substituents is 1. The van der Waals surface area contributed by atoms with E-state index in [0.29, 0.717) is 36.8 Å². The molecule has 1 aromatic carbocycles. The number of nitrogens with zero attached hydrogens (tertiary/aromatic N) is 5. The van der Waals surface area contributed by atoms with Crippen molar-refractivity contribution in [2.75, 3.05) is 31.2 Å². The van der Waals surface area contributed by atoms with Gasteiger partial charge in [0.2, 0.25) is 0 Å². The molecule has 9 heteroatoms. The zero-order valence-electron chi connectivity index (χ0n) is 15.9. The normalized spacial score (nSPS) is 20.0. The Labute approximate surface area is 167 Å². The van der Waals surface area contributed by atoms with Crippen molar-refractivity contribution in [2.45, 2.75) is 31.3 Å². The topological polar surface area (TPSA) is 114 Å². The molecule has 150 valence electrons. The van der Waals surface area contributed by atoms with Crippen LogP contribution >= 0.6 is 0 Å². The molecule has 2 aliphatic heterocycles. The molecule has 29 heavy (non-hydrogen) atoms. The second-order valence-electron chi connectivity index (χ2n) is 7.70. The number of aromatic nitrogens is 2. The number of hydrogen-bond donors (Lipinski definition) is 1. The molecule has 1 saturated heterocycles. The summed E-state index contributed by atoms with van der Waals surface area (Å²) in [7, 11) is 0. The van der Waals surface area contributed by atoms with E-state index in [2.05, 4.69) is 14.9 Å². The minimum Gasteiger partial charge on any atom is -0.384 e. The molecule has 0 amide bonds. The van der Waals surface area contributed by atoms with Gasteiger partial charge in [-0.05, 0) is 31.4 Å². The molecule has 1 aliphatic carbocycles. The van der Waals surface area contributed by atoms with E-state index in [1.54, 1.807) is 12.1 Å². The fourth-order valence-electron chi connectivity index (χ4n) is 4.01. The zero-order valence-corrected chi connectivity index (χ0v) is 15.9. The van der Waals surface area contributed by atoms with Crippen molar-refractivity contribution < 1.29 is 14.8 Å². The fourth-order valence-corrected chi connectivity index (χ4v) is 4.01. The maximum Gasteiger partial charge on any atom is 0.269 e. The van der Waals surface area contributed by atoms with Crippen LogP contribution in [0.1, 0.15) is 24.8 Å². The van der Waals surface area contributed by atoms with E-state index in [1.165, 1.54) is 12.1 Å². The number of rotatable bonds is 4. The Hall–Kier alpha value is -2.91. The largest absolute Gasteiger partial charge is 0.384 e. The summed E-state index contributed by atoms with van der Waals surface area (Å²) in [6.07, 6.45) is 3.02. The van der Waals surface area contributed by atoms with Crippen molar-refractivity contribution in [3.8, 4) is 11.4 Å². The first-order valence-electron chi connectivity index (χ1n) is 9.82. The van der Waals surface area contributed by atoms with E-state index in [4.69, 9.17) is 9.72 Å². The van der Waals surface area contributed by atoms with E-state index < -0.39 is 10.5 Å². The minimum atomic E-state index is -0.823. The third-order valence-corrected chi connectivity index (χ3v) is 5.91. The number of nitro groups is 1.